The van der Waals surface area contributed by atoms with Crippen LogP contribution in [-0.4, -0.2) is 25.3 Å². The van der Waals surface area contributed by atoms with Gasteiger partial charge in [-0.3, -0.25) is 9.20 Å². The molecule has 1 aromatic carbocycles. The summed E-state index contributed by atoms with van der Waals surface area (Å²) in [5.74, 6) is -0.209. The first-order chi connectivity index (χ1) is 15.7. The number of pyridine rings is 1. The minimum Gasteiger partial charge on any atom is -0.485 e. The molecule has 1 aliphatic heterocycles. The van der Waals surface area contributed by atoms with Crippen LogP contribution in [0.3, 0.4) is 0 Å². The van der Waals surface area contributed by atoms with Gasteiger partial charge >= 0.3 is 0 Å². The number of hydrogen-bond donors (Lipinski definition) is 1. The predicted octanol–water partition coefficient (Wildman–Crippen LogP) is 4.50. The molecule has 3 aromatic heterocycles. The van der Waals surface area contributed by atoms with Crippen LogP contribution >= 0.6 is 0 Å². The molecular weight excluding hydrogens is 428 g/mol. The molecule has 168 valence electrons. The minimum absolute atomic E-state index is 0.127. The number of nitrogens with zero attached hydrogens (tertiary/aromatic N) is 4. The lowest BCUT2D eigenvalue weighted by atomic mass is 9.86. The topological polar surface area (TPSA) is 81.4 Å². The van der Waals surface area contributed by atoms with E-state index in [-0.39, 0.29) is 18.1 Å². The number of imidazole rings is 1. The van der Waals surface area contributed by atoms with Gasteiger partial charge in [0.2, 0.25) is 5.91 Å². The summed E-state index contributed by atoms with van der Waals surface area (Å²) in [6.45, 7) is 7.06. The second-order valence-corrected chi connectivity index (χ2v) is 8.54. The maximum absolute atomic E-state index is 14.0. The molecule has 5 rings (SSSR count). The molecule has 0 unspecified atom stereocenters. The Hall–Kier alpha value is -3.88. The number of fused-ring (bicyclic) bond motifs is 2. The van der Waals surface area contributed by atoms with Crippen molar-refractivity contribution in [1.29, 1.82) is 0 Å². The number of rotatable bonds is 4. The van der Waals surface area contributed by atoms with Gasteiger partial charge in [0.05, 0.1) is 16.7 Å². The summed E-state index contributed by atoms with van der Waals surface area (Å²) in [6, 6.07) is 7.11. The highest BCUT2D eigenvalue weighted by Gasteiger charge is 2.41. The van der Waals surface area contributed by atoms with Crippen molar-refractivity contribution >= 4 is 17.4 Å². The molecule has 0 aliphatic carbocycles. The van der Waals surface area contributed by atoms with Crippen LogP contribution < -0.4 is 10.1 Å². The normalized spacial score (nSPS) is 14.4. The molecule has 1 aliphatic rings. The van der Waals surface area contributed by atoms with E-state index in [1.807, 2.05) is 27.7 Å². The molecule has 0 spiro atoms. The fourth-order valence-electron chi connectivity index (χ4n) is 4.25. The summed E-state index contributed by atoms with van der Waals surface area (Å²) in [5.41, 5.74) is 2.36. The van der Waals surface area contributed by atoms with Crippen molar-refractivity contribution < 1.29 is 18.3 Å². The van der Waals surface area contributed by atoms with Crippen molar-refractivity contribution in [3.05, 3.63) is 70.7 Å². The summed E-state index contributed by atoms with van der Waals surface area (Å²) in [4.78, 5) is 26.3. The number of anilines is 1. The van der Waals surface area contributed by atoms with Crippen LogP contribution in [0.4, 0.5) is 14.6 Å². The number of carbonyl (C=O) groups is 1. The van der Waals surface area contributed by atoms with Crippen LogP contribution in [-0.2, 0) is 16.8 Å². The van der Waals surface area contributed by atoms with Crippen LogP contribution in [0, 0.1) is 25.5 Å². The fourth-order valence-corrected chi connectivity index (χ4v) is 4.25. The number of ether oxygens (including phenoxy) is 1. The molecule has 1 amide bonds. The molecule has 1 N–H and O–H groups in total. The number of aryl methyl sites for hydroxylation is 2. The van der Waals surface area contributed by atoms with E-state index in [0.717, 1.165) is 5.56 Å². The van der Waals surface area contributed by atoms with E-state index < -0.39 is 17.0 Å². The number of halogens is 2. The minimum atomic E-state index is -0.713. The van der Waals surface area contributed by atoms with Crippen molar-refractivity contribution in [1.82, 2.24) is 19.4 Å². The highest BCUT2D eigenvalue weighted by atomic mass is 19.1. The van der Waals surface area contributed by atoms with Gasteiger partial charge < -0.3 is 10.1 Å². The fraction of sp³-hybridized carbons (Fsp3) is 0.250. The number of nitrogens with one attached hydrogen (secondary N) is 1. The maximum atomic E-state index is 14.0. The van der Waals surface area contributed by atoms with Crippen LogP contribution in [0.1, 0.15) is 36.4 Å². The van der Waals surface area contributed by atoms with Gasteiger partial charge in [-0.2, -0.15) is 0 Å². The molecule has 0 saturated heterocycles. The molecule has 7 nitrogen and oxygen atoms in total. The second-order valence-electron chi connectivity index (χ2n) is 8.54. The molecule has 33 heavy (non-hydrogen) atoms. The quantitative estimate of drug-likeness (QED) is 0.496. The number of carbonyl (C=O) groups excluding carboxylic acids is 1. The smallest absolute Gasteiger partial charge is 0.235 e. The molecule has 0 fully saturated rings. The Morgan fingerprint density at radius 3 is 2.48 bits per heavy atom. The Morgan fingerprint density at radius 1 is 1.03 bits per heavy atom. The van der Waals surface area contributed by atoms with E-state index in [1.165, 1.54) is 18.2 Å². The third kappa shape index (κ3) is 3.23. The lowest BCUT2D eigenvalue weighted by molar-refractivity contribution is -0.119. The number of hydrogen-bond acceptors (Lipinski definition) is 5. The van der Waals surface area contributed by atoms with Crippen LogP contribution in [0.2, 0.25) is 0 Å². The molecule has 0 bridgehead atoms. The Labute approximate surface area is 188 Å². The third-order valence-electron chi connectivity index (χ3n) is 5.95. The van der Waals surface area contributed by atoms with Crippen molar-refractivity contribution in [2.24, 2.45) is 0 Å². The second kappa shape index (κ2) is 7.33. The zero-order valence-corrected chi connectivity index (χ0v) is 18.5. The SMILES string of the molecule is Cc1nc(-c2c(C)nc3c(OCc4c(F)cccc4F)cccn23)nc2c1C(C)(C)C(=O)N2. The number of aromatic nitrogens is 4. The highest BCUT2D eigenvalue weighted by molar-refractivity contribution is 6.05. The highest BCUT2D eigenvalue weighted by Crippen LogP contribution is 2.39. The van der Waals surface area contributed by atoms with Gasteiger partial charge in [-0.05, 0) is 52.0 Å². The lowest BCUT2D eigenvalue weighted by Gasteiger charge is -2.16. The van der Waals surface area contributed by atoms with Gasteiger partial charge in [0.1, 0.15) is 29.8 Å². The molecule has 4 heterocycles. The molecular formula is C24H21F2N5O2. The van der Waals surface area contributed by atoms with Crippen LogP contribution in [0.5, 0.6) is 5.75 Å². The summed E-state index contributed by atoms with van der Waals surface area (Å²) in [7, 11) is 0. The zero-order valence-electron chi connectivity index (χ0n) is 18.5. The average molecular weight is 449 g/mol. The molecule has 4 aromatic rings. The Bertz CT molecular complexity index is 1420. The summed E-state index contributed by atoms with van der Waals surface area (Å²) >= 11 is 0. The third-order valence-corrected chi connectivity index (χ3v) is 5.95. The van der Waals surface area contributed by atoms with Crippen LogP contribution in [0.15, 0.2) is 36.5 Å². The molecule has 0 saturated carbocycles. The van der Waals surface area contributed by atoms with E-state index in [0.29, 0.717) is 40.1 Å². The first-order valence-electron chi connectivity index (χ1n) is 10.4. The van der Waals surface area contributed by atoms with E-state index in [2.05, 4.69) is 20.3 Å². The van der Waals surface area contributed by atoms with E-state index in [1.54, 1.807) is 22.7 Å². The van der Waals surface area contributed by atoms with Gasteiger partial charge in [-0.25, -0.2) is 23.7 Å². The van der Waals surface area contributed by atoms with Gasteiger partial charge in [-0.1, -0.05) is 6.07 Å². The Kier molecular flexibility index (Phi) is 4.66. The van der Waals surface area contributed by atoms with E-state index >= 15 is 0 Å². The van der Waals surface area contributed by atoms with Gasteiger partial charge in [-0.15, -0.1) is 0 Å². The van der Waals surface area contributed by atoms with Gasteiger partial charge in [0, 0.05) is 17.5 Å². The summed E-state index contributed by atoms with van der Waals surface area (Å²) in [5, 5.41) is 2.84. The Balaban J connectivity index is 1.57. The van der Waals surface area contributed by atoms with E-state index in [9.17, 15) is 13.6 Å². The monoisotopic (exact) mass is 449 g/mol. The predicted molar refractivity (Wildman–Crippen MR) is 118 cm³/mol. The Morgan fingerprint density at radius 2 is 1.76 bits per heavy atom. The first-order valence-corrected chi connectivity index (χ1v) is 10.4. The summed E-state index contributed by atoms with van der Waals surface area (Å²) < 4.78 is 35.5. The van der Waals surface area contributed by atoms with Crippen molar-refractivity contribution in [3.8, 4) is 17.3 Å². The van der Waals surface area contributed by atoms with Crippen molar-refractivity contribution in [2.45, 2.75) is 39.7 Å². The van der Waals surface area contributed by atoms with Gasteiger partial charge in [0.25, 0.3) is 0 Å². The molecule has 0 atom stereocenters. The molecule has 0 radical (unpaired) electrons. The largest absolute Gasteiger partial charge is 0.485 e. The summed E-state index contributed by atoms with van der Waals surface area (Å²) in [6.07, 6.45) is 1.79. The van der Waals surface area contributed by atoms with E-state index in [4.69, 9.17) is 4.74 Å². The number of amides is 1. The lowest BCUT2D eigenvalue weighted by Crippen LogP contribution is -2.27. The van der Waals surface area contributed by atoms with Crippen LogP contribution in [0.25, 0.3) is 17.2 Å². The van der Waals surface area contributed by atoms with Crippen molar-refractivity contribution in [2.75, 3.05) is 5.32 Å². The standard InChI is InChI=1S/C24H21F2N5O2/c1-12-18-20(30-23(32)24(18,3)4)29-21(27-12)19-13(2)28-22-17(9-6-10-31(19)22)33-11-14-15(25)7-5-8-16(14)26/h5-10H,11H2,1-4H3,(H,27,29,30,32). The van der Waals surface area contributed by atoms with Gasteiger partial charge in [0.15, 0.2) is 17.2 Å². The van der Waals surface area contributed by atoms with Crippen molar-refractivity contribution in [3.63, 3.8) is 0 Å². The maximum Gasteiger partial charge on any atom is 0.235 e. The zero-order chi connectivity index (χ0) is 23.5. The molecule has 9 heteroatoms. The average Bonchev–Trinajstić information content (AvgIpc) is 3.20. The number of benzene rings is 1. The first kappa shape index (κ1) is 21.0.